The van der Waals surface area contributed by atoms with E-state index in [1.54, 1.807) is 45.2 Å². The third kappa shape index (κ3) is 4.96. The zero-order valence-corrected chi connectivity index (χ0v) is 15.5. The van der Waals surface area contributed by atoms with Crippen molar-refractivity contribution in [3.63, 3.8) is 0 Å². The Morgan fingerprint density at radius 2 is 1.42 bits per heavy atom. The van der Waals surface area contributed by atoms with Crippen molar-refractivity contribution in [3.05, 3.63) is 48.5 Å². The lowest BCUT2D eigenvalue weighted by Crippen LogP contribution is -2.44. The first-order chi connectivity index (χ1) is 12.2. The number of carboxylic acid groups (broad SMARTS) is 1. The van der Waals surface area contributed by atoms with Gasteiger partial charge in [-0.05, 0) is 54.4 Å². The molecule has 2 rings (SSSR count). The van der Waals surface area contributed by atoms with Crippen LogP contribution in [0.3, 0.4) is 0 Å². The average molecular weight is 379 g/mol. The molecule has 8 heteroatoms. The molecule has 0 aliphatic carbocycles. The van der Waals surface area contributed by atoms with Gasteiger partial charge < -0.3 is 14.6 Å². The number of carboxylic acids is 1. The number of methoxy groups -OCH3 is 1. The van der Waals surface area contributed by atoms with E-state index in [2.05, 4.69) is 4.72 Å². The molecule has 26 heavy (non-hydrogen) atoms. The number of ether oxygens (including phenoxy) is 2. The van der Waals surface area contributed by atoms with Gasteiger partial charge in [0.2, 0.25) is 10.0 Å². The second-order valence-corrected chi connectivity index (χ2v) is 7.64. The molecule has 0 amide bonds. The van der Waals surface area contributed by atoms with Crippen LogP contribution in [0, 0.1) is 5.92 Å². The van der Waals surface area contributed by atoms with E-state index in [9.17, 15) is 13.2 Å². The summed E-state index contributed by atoms with van der Waals surface area (Å²) in [5.41, 5.74) is 0. The molecule has 140 valence electrons. The summed E-state index contributed by atoms with van der Waals surface area (Å²) in [6, 6.07) is 11.5. The van der Waals surface area contributed by atoms with Crippen molar-refractivity contribution in [2.24, 2.45) is 5.92 Å². The Labute approximate surface area is 152 Å². The molecule has 2 aromatic carbocycles. The monoisotopic (exact) mass is 379 g/mol. The molecule has 0 heterocycles. The molecule has 0 unspecified atom stereocenters. The smallest absolute Gasteiger partial charge is 0.322 e. The van der Waals surface area contributed by atoms with Gasteiger partial charge >= 0.3 is 5.97 Å². The highest BCUT2D eigenvalue weighted by Gasteiger charge is 2.27. The SMILES string of the molecule is COc1ccc(Oc2ccc(S(=O)(=O)N[C@H](C(=O)O)C(C)C)cc2)cc1. The van der Waals surface area contributed by atoms with Gasteiger partial charge in [0.1, 0.15) is 23.3 Å². The van der Waals surface area contributed by atoms with E-state index in [-0.39, 0.29) is 10.8 Å². The Kier molecular flexibility index (Phi) is 6.23. The van der Waals surface area contributed by atoms with Gasteiger partial charge in [0.25, 0.3) is 0 Å². The molecule has 0 radical (unpaired) electrons. The first-order valence-corrected chi connectivity index (χ1v) is 9.38. The van der Waals surface area contributed by atoms with E-state index in [0.717, 1.165) is 0 Å². The van der Waals surface area contributed by atoms with Gasteiger partial charge in [-0.25, -0.2) is 8.42 Å². The lowest BCUT2D eigenvalue weighted by atomic mass is 10.1. The molecular weight excluding hydrogens is 358 g/mol. The maximum Gasteiger partial charge on any atom is 0.322 e. The van der Waals surface area contributed by atoms with E-state index in [1.165, 1.54) is 24.3 Å². The summed E-state index contributed by atoms with van der Waals surface area (Å²) in [6.07, 6.45) is 0. The molecule has 0 aliphatic heterocycles. The van der Waals surface area contributed by atoms with E-state index >= 15 is 0 Å². The van der Waals surface area contributed by atoms with Crippen LogP contribution in [-0.2, 0) is 14.8 Å². The van der Waals surface area contributed by atoms with Crippen molar-refractivity contribution in [2.75, 3.05) is 7.11 Å². The Balaban J connectivity index is 2.13. The van der Waals surface area contributed by atoms with Gasteiger partial charge in [-0.1, -0.05) is 13.8 Å². The summed E-state index contributed by atoms with van der Waals surface area (Å²) < 4.78 is 37.6. The van der Waals surface area contributed by atoms with Crippen LogP contribution in [0.5, 0.6) is 17.2 Å². The summed E-state index contributed by atoms with van der Waals surface area (Å²) in [5.74, 6) is 0.115. The Morgan fingerprint density at radius 3 is 1.85 bits per heavy atom. The topological polar surface area (TPSA) is 102 Å². The quantitative estimate of drug-likeness (QED) is 0.731. The number of aliphatic carboxylic acids is 1. The second-order valence-electron chi connectivity index (χ2n) is 5.93. The van der Waals surface area contributed by atoms with Crippen molar-refractivity contribution in [1.82, 2.24) is 4.72 Å². The Bertz CT molecular complexity index is 844. The summed E-state index contributed by atoms with van der Waals surface area (Å²) >= 11 is 0. The number of benzene rings is 2. The second kappa shape index (κ2) is 8.20. The van der Waals surface area contributed by atoms with Crippen LogP contribution in [-0.4, -0.2) is 32.6 Å². The summed E-state index contributed by atoms with van der Waals surface area (Å²) in [6.45, 7) is 3.26. The lowest BCUT2D eigenvalue weighted by Gasteiger charge is -2.18. The first-order valence-electron chi connectivity index (χ1n) is 7.90. The van der Waals surface area contributed by atoms with Crippen LogP contribution in [0.25, 0.3) is 0 Å². The number of carbonyl (C=O) groups is 1. The number of hydrogen-bond acceptors (Lipinski definition) is 5. The highest BCUT2D eigenvalue weighted by molar-refractivity contribution is 7.89. The largest absolute Gasteiger partial charge is 0.497 e. The van der Waals surface area contributed by atoms with E-state index in [0.29, 0.717) is 17.2 Å². The van der Waals surface area contributed by atoms with Crippen LogP contribution in [0.15, 0.2) is 53.4 Å². The Hall–Kier alpha value is -2.58. The zero-order valence-electron chi connectivity index (χ0n) is 14.7. The average Bonchev–Trinajstić information content (AvgIpc) is 2.60. The van der Waals surface area contributed by atoms with Crippen molar-refractivity contribution in [3.8, 4) is 17.2 Å². The third-order valence-corrected chi connectivity index (χ3v) is 5.10. The highest BCUT2D eigenvalue weighted by atomic mass is 32.2. The van der Waals surface area contributed by atoms with E-state index in [1.807, 2.05) is 0 Å². The third-order valence-electron chi connectivity index (χ3n) is 3.64. The maximum absolute atomic E-state index is 12.4. The fourth-order valence-corrected chi connectivity index (χ4v) is 3.51. The van der Waals surface area contributed by atoms with Crippen LogP contribution < -0.4 is 14.2 Å². The van der Waals surface area contributed by atoms with Crippen LogP contribution in [0.1, 0.15) is 13.8 Å². The van der Waals surface area contributed by atoms with Crippen molar-refractivity contribution in [2.45, 2.75) is 24.8 Å². The summed E-state index contributed by atoms with van der Waals surface area (Å²) in [7, 11) is -2.38. The van der Waals surface area contributed by atoms with Gasteiger partial charge in [0.15, 0.2) is 0 Å². The standard InChI is InChI=1S/C18H21NO6S/c1-12(2)17(18(20)21)19-26(22,23)16-10-8-15(9-11-16)25-14-6-4-13(24-3)5-7-14/h4-12,17,19H,1-3H3,(H,20,21)/t17-/m0/s1. The summed E-state index contributed by atoms with van der Waals surface area (Å²) in [5, 5.41) is 9.14. The fraction of sp³-hybridized carbons (Fsp3) is 0.278. The molecular formula is C18H21NO6S. The van der Waals surface area contributed by atoms with E-state index in [4.69, 9.17) is 14.6 Å². The lowest BCUT2D eigenvalue weighted by molar-refractivity contribution is -0.140. The predicted molar refractivity (Wildman–Crippen MR) is 96.1 cm³/mol. The van der Waals surface area contributed by atoms with Gasteiger partial charge in [-0.3, -0.25) is 4.79 Å². The molecule has 0 spiro atoms. The minimum Gasteiger partial charge on any atom is -0.497 e. The van der Waals surface area contributed by atoms with Crippen molar-refractivity contribution in [1.29, 1.82) is 0 Å². The summed E-state index contributed by atoms with van der Waals surface area (Å²) in [4.78, 5) is 11.2. The molecule has 2 N–H and O–H groups in total. The maximum atomic E-state index is 12.4. The van der Waals surface area contributed by atoms with Crippen LogP contribution in [0.2, 0.25) is 0 Å². The molecule has 0 aliphatic rings. The normalized spacial score (nSPS) is 12.6. The molecule has 0 saturated heterocycles. The molecule has 0 fully saturated rings. The minimum atomic E-state index is -3.95. The number of rotatable bonds is 8. The Morgan fingerprint density at radius 1 is 0.962 bits per heavy atom. The highest BCUT2D eigenvalue weighted by Crippen LogP contribution is 2.25. The number of nitrogens with one attached hydrogen (secondary N) is 1. The molecule has 0 saturated carbocycles. The van der Waals surface area contributed by atoms with Gasteiger partial charge in [0.05, 0.1) is 12.0 Å². The fourth-order valence-electron chi connectivity index (χ4n) is 2.17. The van der Waals surface area contributed by atoms with E-state index < -0.39 is 22.0 Å². The molecule has 0 bridgehead atoms. The van der Waals surface area contributed by atoms with Gasteiger partial charge in [-0.15, -0.1) is 0 Å². The molecule has 2 aromatic rings. The predicted octanol–water partition coefficient (Wildman–Crippen LogP) is 2.88. The number of hydrogen-bond donors (Lipinski definition) is 2. The van der Waals surface area contributed by atoms with Crippen LogP contribution >= 0.6 is 0 Å². The van der Waals surface area contributed by atoms with Gasteiger partial charge in [-0.2, -0.15) is 4.72 Å². The minimum absolute atomic E-state index is 0.0357. The van der Waals surface area contributed by atoms with Gasteiger partial charge in [0, 0.05) is 0 Å². The van der Waals surface area contributed by atoms with Crippen LogP contribution in [0.4, 0.5) is 0 Å². The van der Waals surface area contributed by atoms with Crippen molar-refractivity contribution < 1.29 is 27.8 Å². The molecule has 7 nitrogen and oxygen atoms in total. The molecule has 1 atom stereocenters. The number of sulfonamides is 1. The molecule has 0 aromatic heterocycles. The van der Waals surface area contributed by atoms with Crippen molar-refractivity contribution >= 4 is 16.0 Å². The zero-order chi connectivity index (χ0) is 19.3. The first kappa shape index (κ1) is 19.7.